The van der Waals surface area contributed by atoms with Crippen LogP contribution in [-0.4, -0.2) is 103 Å². The number of ether oxygens (including phenoxy) is 1. The van der Waals surface area contributed by atoms with E-state index in [1.807, 2.05) is 24.2 Å². The molecule has 294 valence electrons. The lowest BCUT2D eigenvalue weighted by Crippen LogP contribution is -2.54. The zero-order chi connectivity index (χ0) is 38.6. The van der Waals surface area contributed by atoms with Gasteiger partial charge in [-0.15, -0.1) is 0 Å². The summed E-state index contributed by atoms with van der Waals surface area (Å²) < 4.78 is 4.74. The highest BCUT2D eigenvalue weighted by atomic mass is 16.5. The topological polar surface area (TPSA) is 143 Å². The van der Waals surface area contributed by atoms with E-state index < -0.39 is 18.4 Å². The number of nitrogens with one attached hydrogen (secondary N) is 3. The van der Waals surface area contributed by atoms with E-state index in [2.05, 4.69) is 94.4 Å². The third kappa shape index (κ3) is 7.81. The maximum atomic E-state index is 13.5. The van der Waals surface area contributed by atoms with Crippen molar-refractivity contribution in [1.29, 1.82) is 0 Å². The molecule has 7 atom stereocenters. The number of methoxy groups -OCH3 is 1. The number of imidazole rings is 2. The number of hydrogen-bond donors (Lipinski definition) is 4. The molecule has 1 unspecified atom stereocenters. The average molecular weight is 751 g/mol. The number of alkyl carbamates (subject to hydrolysis) is 1. The van der Waals surface area contributed by atoms with Gasteiger partial charge in [-0.05, 0) is 92.6 Å². The number of carbonyl (C=O) groups excluding carboxylic acids is 2. The van der Waals surface area contributed by atoms with Gasteiger partial charge in [0.2, 0.25) is 5.91 Å². The van der Waals surface area contributed by atoms with E-state index in [0.29, 0.717) is 24.9 Å². The second kappa shape index (κ2) is 17.1. The quantitative estimate of drug-likeness (QED) is 0.105. The number of aliphatic hydroxyl groups excluding tert-OH is 1. The molecule has 3 fully saturated rings. The van der Waals surface area contributed by atoms with Crippen LogP contribution in [0, 0.1) is 5.92 Å². The van der Waals surface area contributed by atoms with Crippen molar-refractivity contribution in [2.75, 3.05) is 26.7 Å². The summed E-state index contributed by atoms with van der Waals surface area (Å²) >= 11 is 0. The summed E-state index contributed by atoms with van der Waals surface area (Å²) in [6.07, 6.45) is 10.2. The predicted molar refractivity (Wildman–Crippen MR) is 214 cm³/mol. The Morgan fingerprint density at radius 3 is 2.04 bits per heavy atom. The second-order valence-electron chi connectivity index (χ2n) is 15.4. The van der Waals surface area contributed by atoms with Gasteiger partial charge in [-0.1, -0.05) is 76.2 Å². The Morgan fingerprint density at radius 1 is 0.855 bits per heavy atom. The number of aliphatic hydroxyl groups is 1. The van der Waals surface area contributed by atoms with E-state index in [4.69, 9.17) is 14.7 Å². The van der Waals surface area contributed by atoms with Gasteiger partial charge < -0.3 is 30.0 Å². The van der Waals surface area contributed by atoms with Crippen LogP contribution >= 0.6 is 0 Å². The highest BCUT2D eigenvalue weighted by Crippen LogP contribution is 2.51. The Bertz CT molecular complexity index is 1890. The van der Waals surface area contributed by atoms with Crippen molar-refractivity contribution in [1.82, 2.24) is 40.0 Å². The molecule has 2 aliphatic heterocycles. The smallest absolute Gasteiger partial charge is 0.407 e. The van der Waals surface area contributed by atoms with Gasteiger partial charge in [0.1, 0.15) is 23.9 Å². The minimum atomic E-state index is -0.643. The Morgan fingerprint density at radius 2 is 1.45 bits per heavy atom. The first kappa shape index (κ1) is 38.7. The van der Waals surface area contributed by atoms with Gasteiger partial charge in [0.05, 0.1) is 43.0 Å². The summed E-state index contributed by atoms with van der Waals surface area (Å²) in [4.78, 5) is 48.8. The lowest BCUT2D eigenvalue weighted by Gasteiger charge is -2.43. The highest BCUT2D eigenvalue weighted by Gasteiger charge is 2.51. The molecule has 2 aromatic carbocycles. The van der Waals surface area contributed by atoms with Crippen LogP contribution in [0.3, 0.4) is 0 Å². The number of likely N-dealkylation sites (N-methyl/N-ethyl adjacent to an activating group) is 1. The number of aromatic nitrogens is 4. The number of hydrogen-bond acceptors (Lipinski definition) is 8. The molecule has 2 aromatic heterocycles. The van der Waals surface area contributed by atoms with E-state index in [1.165, 1.54) is 13.5 Å². The third-order valence-corrected chi connectivity index (χ3v) is 12.5. The normalized spacial score (nSPS) is 22.9. The van der Waals surface area contributed by atoms with Crippen molar-refractivity contribution >= 4 is 12.0 Å². The monoisotopic (exact) mass is 750 g/mol. The Hall–Kier alpha value is -4.52. The number of carbonyl (C=O) groups is 2. The molecule has 4 aromatic rings. The van der Waals surface area contributed by atoms with Crippen LogP contribution in [0.5, 0.6) is 0 Å². The summed E-state index contributed by atoms with van der Waals surface area (Å²) in [6.45, 7) is 10.9. The summed E-state index contributed by atoms with van der Waals surface area (Å²) in [7, 11) is 1.30. The fraction of sp³-hybridized carbons (Fsp3) is 0.535. The number of aromatic amines is 2. The molecular formula is C43H58N8O4. The summed E-state index contributed by atoms with van der Waals surface area (Å²) in [5, 5.41) is 14.5. The molecule has 2 saturated heterocycles. The molecule has 0 spiro atoms. The zero-order valence-corrected chi connectivity index (χ0v) is 33.0. The SMILES string of the molecule is CC[C@H](NC(=O)OC)C(=O)N1CCCC[C@H]1c1ncc(-c2ccc(-c3ccc(-c4cnc([C@@H]5[C@H]6CC[C@H](C6)N5C(O)[C@@H](CC)N(CC)CC)[nH]4)cc3)cc2)[nH]1. The first-order chi connectivity index (χ1) is 26.8. The van der Waals surface area contributed by atoms with E-state index in [1.54, 1.807) is 0 Å². The predicted octanol–water partition coefficient (Wildman–Crippen LogP) is 7.29. The fourth-order valence-corrected chi connectivity index (χ4v) is 9.50. The van der Waals surface area contributed by atoms with Gasteiger partial charge in [-0.2, -0.15) is 0 Å². The highest BCUT2D eigenvalue weighted by molar-refractivity contribution is 5.86. The van der Waals surface area contributed by atoms with Gasteiger partial charge in [-0.3, -0.25) is 14.6 Å². The van der Waals surface area contributed by atoms with Crippen LogP contribution in [0.2, 0.25) is 0 Å². The number of benzene rings is 2. The molecule has 12 heteroatoms. The van der Waals surface area contributed by atoms with Crippen molar-refractivity contribution in [2.24, 2.45) is 5.92 Å². The first-order valence-corrected chi connectivity index (χ1v) is 20.4. The van der Waals surface area contributed by atoms with Crippen LogP contribution < -0.4 is 5.32 Å². The summed E-state index contributed by atoms with van der Waals surface area (Å²) in [5.74, 6) is 2.11. The van der Waals surface area contributed by atoms with E-state index in [9.17, 15) is 14.7 Å². The van der Waals surface area contributed by atoms with Gasteiger partial charge in [0.25, 0.3) is 0 Å². The van der Waals surface area contributed by atoms with E-state index >= 15 is 0 Å². The Kier molecular flexibility index (Phi) is 12.0. The van der Waals surface area contributed by atoms with Gasteiger partial charge in [0.15, 0.2) is 0 Å². The van der Waals surface area contributed by atoms with E-state index in [-0.39, 0.29) is 24.0 Å². The fourth-order valence-electron chi connectivity index (χ4n) is 9.50. The Balaban J connectivity index is 1.02. The Labute approximate surface area is 325 Å². The largest absolute Gasteiger partial charge is 0.453 e. The van der Waals surface area contributed by atoms with Crippen LogP contribution in [-0.2, 0) is 9.53 Å². The second-order valence-corrected chi connectivity index (χ2v) is 15.4. The lowest BCUT2D eigenvalue weighted by molar-refractivity contribution is -0.137. The maximum absolute atomic E-state index is 13.5. The molecule has 55 heavy (non-hydrogen) atoms. The van der Waals surface area contributed by atoms with Crippen molar-refractivity contribution in [3.8, 4) is 33.6 Å². The number of nitrogens with zero attached hydrogens (tertiary/aromatic N) is 5. The molecule has 2 bridgehead atoms. The molecule has 4 N–H and O–H groups in total. The van der Waals surface area contributed by atoms with Gasteiger partial charge >= 0.3 is 6.09 Å². The molecule has 7 rings (SSSR count). The van der Waals surface area contributed by atoms with Crippen LogP contribution in [0.1, 0.15) is 103 Å². The number of piperidine rings is 2. The molecule has 3 aliphatic rings. The first-order valence-electron chi connectivity index (χ1n) is 20.4. The van der Waals surface area contributed by atoms with Crippen molar-refractivity contribution in [3.63, 3.8) is 0 Å². The number of likely N-dealkylation sites (tertiary alicyclic amines) is 2. The van der Waals surface area contributed by atoms with Crippen molar-refractivity contribution in [3.05, 3.63) is 72.6 Å². The number of amides is 2. The zero-order valence-electron chi connectivity index (χ0n) is 33.0. The molecular weight excluding hydrogens is 693 g/mol. The van der Waals surface area contributed by atoms with Crippen LogP contribution in [0.25, 0.3) is 33.6 Å². The third-order valence-electron chi connectivity index (χ3n) is 12.5. The van der Waals surface area contributed by atoms with Crippen molar-refractivity contribution < 1.29 is 19.4 Å². The summed E-state index contributed by atoms with van der Waals surface area (Å²) in [6, 6.07) is 16.8. The number of H-pyrrole nitrogens is 2. The minimum Gasteiger partial charge on any atom is -0.453 e. The average Bonchev–Trinajstić information content (AvgIpc) is 4.07. The molecule has 1 saturated carbocycles. The van der Waals surface area contributed by atoms with Crippen LogP contribution in [0.15, 0.2) is 60.9 Å². The van der Waals surface area contributed by atoms with Crippen molar-refractivity contribution in [2.45, 2.75) is 115 Å². The van der Waals surface area contributed by atoms with Gasteiger partial charge in [0, 0.05) is 18.6 Å². The molecule has 2 amide bonds. The standard InChI is InChI=1S/C43H58N8O4/c1-6-33(48-43(54)55-5)41(52)50-23-11-10-12-37(50)39-44-25-34(46-39)29-17-13-27(14-18-29)28-15-19-30(20-16-28)35-26-45-40(47-35)38-31-21-22-32(24-31)51(38)42(53)36(7-2)49(8-3)9-4/h13-20,25-26,31-33,36-38,42,53H,6-12,21-24H2,1-5H3,(H,44,46)(H,45,47)(H,48,54)/t31-,32+,33-,36+,37-,38-,42?/m0/s1. The maximum Gasteiger partial charge on any atom is 0.407 e. The van der Waals surface area contributed by atoms with Gasteiger partial charge in [-0.25, -0.2) is 14.8 Å². The molecule has 4 heterocycles. The minimum absolute atomic E-state index is 0.101. The molecule has 1 aliphatic carbocycles. The number of fused-ring (bicyclic) bond motifs is 2. The van der Waals surface area contributed by atoms with Crippen LogP contribution in [0.4, 0.5) is 4.79 Å². The molecule has 12 nitrogen and oxygen atoms in total. The number of rotatable bonds is 14. The molecule has 0 radical (unpaired) electrons. The summed E-state index contributed by atoms with van der Waals surface area (Å²) in [5.41, 5.74) is 6.20. The lowest BCUT2D eigenvalue weighted by atomic mass is 9.96. The van der Waals surface area contributed by atoms with E-state index in [0.717, 1.165) is 96.9 Å².